The molecule has 7 nitrogen and oxygen atoms in total. The predicted molar refractivity (Wildman–Crippen MR) is 97.3 cm³/mol. The number of hydrogen-bond acceptors (Lipinski definition) is 4. The Morgan fingerprint density at radius 2 is 2.00 bits per heavy atom. The zero-order valence-electron chi connectivity index (χ0n) is 15.5. The zero-order valence-corrected chi connectivity index (χ0v) is 15.5. The van der Waals surface area contributed by atoms with Gasteiger partial charge in [-0.25, -0.2) is 4.79 Å². The molecule has 1 aromatic carbocycles. The topological polar surface area (TPSA) is 88.1 Å². The van der Waals surface area contributed by atoms with Gasteiger partial charge in [0, 0.05) is 45.3 Å². The Morgan fingerprint density at radius 1 is 1.27 bits per heavy atom. The van der Waals surface area contributed by atoms with Gasteiger partial charge in [0.25, 0.3) is 0 Å². The number of amides is 2. The Hall–Kier alpha value is -2.28. The van der Waals surface area contributed by atoms with Crippen LogP contribution in [-0.2, 0) is 16.1 Å². The molecule has 26 heavy (non-hydrogen) atoms. The number of piperidine rings is 1. The zero-order chi connectivity index (χ0) is 18.9. The van der Waals surface area contributed by atoms with E-state index < -0.39 is 5.97 Å². The van der Waals surface area contributed by atoms with Gasteiger partial charge in [0.05, 0.1) is 12.5 Å². The van der Waals surface area contributed by atoms with E-state index in [2.05, 4.69) is 5.32 Å². The van der Waals surface area contributed by atoms with Crippen LogP contribution in [0, 0.1) is 12.8 Å². The Morgan fingerprint density at radius 3 is 2.65 bits per heavy atom. The van der Waals surface area contributed by atoms with Crippen LogP contribution in [0.15, 0.2) is 18.2 Å². The van der Waals surface area contributed by atoms with Crippen molar-refractivity contribution in [1.29, 1.82) is 0 Å². The molecule has 0 aliphatic carbocycles. The van der Waals surface area contributed by atoms with E-state index in [0.29, 0.717) is 45.7 Å². The van der Waals surface area contributed by atoms with Crippen molar-refractivity contribution in [3.8, 4) is 5.75 Å². The average Bonchev–Trinajstić information content (AvgIpc) is 2.64. The quantitative estimate of drug-likeness (QED) is 0.692. The fraction of sp³-hybridized carbons (Fsp3) is 0.579. The molecule has 144 valence electrons. The second-order valence-corrected chi connectivity index (χ2v) is 6.56. The number of methoxy groups -OCH3 is 1. The maximum Gasteiger partial charge on any atom is 0.317 e. The van der Waals surface area contributed by atoms with E-state index in [9.17, 15) is 9.59 Å². The van der Waals surface area contributed by atoms with Crippen molar-refractivity contribution in [2.45, 2.75) is 32.7 Å². The first-order valence-corrected chi connectivity index (χ1v) is 8.98. The van der Waals surface area contributed by atoms with Crippen LogP contribution in [0.25, 0.3) is 0 Å². The molecule has 0 radical (unpaired) electrons. The molecule has 1 saturated heterocycles. The summed E-state index contributed by atoms with van der Waals surface area (Å²) in [5.74, 6) is -0.353. The molecule has 1 aliphatic heterocycles. The summed E-state index contributed by atoms with van der Waals surface area (Å²) in [4.78, 5) is 25.0. The highest BCUT2D eigenvalue weighted by atomic mass is 16.5. The number of likely N-dealkylation sites (tertiary alicyclic amines) is 1. The monoisotopic (exact) mass is 364 g/mol. The van der Waals surface area contributed by atoms with Crippen LogP contribution < -0.4 is 10.1 Å². The van der Waals surface area contributed by atoms with Crippen LogP contribution in [0.2, 0.25) is 0 Å². The van der Waals surface area contributed by atoms with Crippen molar-refractivity contribution in [2.75, 3.05) is 33.4 Å². The van der Waals surface area contributed by atoms with Gasteiger partial charge in [0.2, 0.25) is 0 Å². The standard InChI is InChI=1S/C19H28N2O5/c1-14-4-5-16(17(12-14)26-11-3-10-25-2)13-20-19(24)21-8-6-15(7-9-21)18(22)23/h4-5,12,15H,3,6-11,13H2,1-2H3,(H,20,24)(H,22,23). The molecule has 1 aliphatic rings. The first-order valence-electron chi connectivity index (χ1n) is 8.98. The molecule has 7 heteroatoms. The minimum Gasteiger partial charge on any atom is -0.493 e. The first-order chi connectivity index (χ1) is 12.5. The molecule has 0 saturated carbocycles. The van der Waals surface area contributed by atoms with Gasteiger partial charge in [-0.1, -0.05) is 12.1 Å². The number of nitrogens with zero attached hydrogens (tertiary/aromatic N) is 1. The maximum atomic E-state index is 12.3. The Balaban J connectivity index is 1.86. The van der Waals surface area contributed by atoms with Crippen molar-refractivity contribution in [2.24, 2.45) is 5.92 Å². The van der Waals surface area contributed by atoms with Gasteiger partial charge in [-0.15, -0.1) is 0 Å². The predicted octanol–water partition coefficient (Wildman–Crippen LogP) is 2.42. The van der Waals surface area contributed by atoms with Gasteiger partial charge in [-0.05, 0) is 31.4 Å². The van der Waals surface area contributed by atoms with Crippen molar-refractivity contribution < 1.29 is 24.2 Å². The van der Waals surface area contributed by atoms with Crippen LogP contribution in [0.4, 0.5) is 4.79 Å². The lowest BCUT2D eigenvalue weighted by Gasteiger charge is -2.30. The number of carboxylic acids is 1. The number of carboxylic acid groups (broad SMARTS) is 1. The number of aliphatic carboxylic acids is 1. The van der Waals surface area contributed by atoms with E-state index >= 15 is 0 Å². The van der Waals surface area contributed by atoms with Gasteiger partial charge in [-0.2, -0.15) is 0 Å². The van der Waals surface area contributed by atoms with Crippen LogP contribution in [0.5, 0.6) is 5.75 Å². The molecule has 0 unspecified atom stereocenters. The smallest absolute Gasteiger partial charge is 0.317 e. The number of rotatable bonds is 8. The molecular formula is C19H28N2O5. The molecule has 2 N–H and O–H groups in total. The fourth-order valence-corrected chi connectivity index (χ4v) is 2.94. The number of benzene rings is 1. The third-order valence-corrected chi connectivity index (χ3v) is 4.53. The Labute approximate surface area is 154 Å². The summed E-state index contributed by atoms with van der Waals surface area (Å²) in [6.07, 6.45) is 1.80. The van der Waals surface area contributed by atoms with E-state index in [1.54, 1.807) is 12.0 Å². The summed E-state index contributed by atoms with van der Waals surface area (Å²) >= 11 is 0. The van der Waals surface area contributed by atoms with Crippen LogP contribution in [-0.4, -0.2) is 55.4 Å². The number of carbonyl (C=O) groups is 2. The molecule has 0 spiro atoms. The summed E-state index contributed by atoms with van der Waals surface area (Å²) in [6, 6.07) is 5.74. The van der Waals surface area contributed by atoms with Gasteiger partial charge in [0.15, 0.2) is 0 Å². The van der Waals surface area contributed by atoms with Crippen molar-refractivity contribution >= 4 is 12.0 Å². The molecule has 0 atom stereocenters. The highest BCUT2D eigenvalue weighted by molar-refractivity contribution is 5.75. The SMILES string of the molecule is COCCCOc1cc(C)ccc1CNC(=O)N1CCC(C(=O)O)CC1. The van der Waals surface area contributed by atoms with Gasteiger partial charge < -0.3 is 24.8 Å². The van der Waals surface area contributed by atoms with Gasteiger partial charge >= 0.3 is 12.0 Å². The molecule has 0 bridgehead atoms. The van der Waals surface area contributed by atoms with E-state index in [1.165, 1.54) is 0 Å². The third-order valence-electron chi connectivity index (χ3n) is 4.53. The normalized spacial score (nSPS) is 14.9. The maximum absolute atomic E-state index is 12.3. The number of carbonyl (C=O) groups excluding carboxylic acids is 1. The van der Waals surface area contributed by atoms with Crippen molar-refractivity contribution in [1.82, 2.24) is 10.2 Å². The third kappa shape index (κ3) is 5.91. The van der Waals surface area contributed by atoms with E-state index in [1.807, 2.05) is 25.1 Å². The highest BCUT2D eigenvalue weighted by Crippen LogP contribution is 2.21. The van der Waals surface area contributed by atoms with E-state index in [-0.39, 0.29) is 11.9 Å². The second-order valence-electron chi connectivity index (χ2n) is 6.56. The first kappa shape index (κ1) is 20.0. The number of nitrogens with one attached hydrogen (secondary N) is 1. The lowest BCUT2D eigenvalue weighted by atomic mass is 9.97. The van der Waals surface area contributed by atoms with E-state index in [4.69, 9.17) is 14.6 Å². The molecule has 1 heterocycles. The van der Waals surface area contributed by atoms with Crippen LogP contribution >= 0.6 is 0 Å². The van der Waals surface area contributed by atoms with Crippen molar-refractivity contribution in [3.05, 3.63) is 29.3 Å². The number of urea groups is 1. The summed E-state index contributed by atoms with van der Waals surface area (Å²) in [5.41, 5.74) is 2.01. The van der Waals surface area contributed by atoms with Gasteiger partial charge in [-0.3, -0.25) is 4.79 Å². The van der Waals surface area contributed by atoms with Crippen molar-refractivity contribution in [3.63, 3.8) is 0 Å². The molecule has 0 aromatic heterocycles. The molecule has 2 rings (SSSR count). The lowest BCUT2D eigenvalue weighted by molar-refractivity contribution is -0.143. The highest BCUT2D eigenvalue weighted by Gasteiger charge is 2.26. The number of aryl methyl sites for hydroxylation is 1. The van der Waals surface area contributed by atoms with E-state index in [0.717, 1.165) is 23.3 Å². The summed E-state index contributed by atoms with van der Waals surface area (Å²) in [5, 5.41) is 11.9. The Kier molecular flexibility index (Phi) is 7.72. The fourth-order valence-electron chi connectivity index (χ4n) is 2.94. The molecular weight excluding hydrogens is 336 g/mol. The van der Waals surface area contributed by atoms with Gasteiger partial charge in [0.1, 0.15) is 5.75 Å². The number of ether oxygens (including phenoxy) is 2. The minimum absolute atomic E-state index is 0.167. The second kappa shape index (κ2) is 10.0. The largest absolute Gasteiger partial charge is 0.493 e. The molecule has 1 aromatic rings. The van der Waals surface area contributed by atoms with Crippen LogP contribution in [0.1, 0.15) is 30.4 Å². The van der Waals surface area contributed by atoms with Crippen LogP contribution in [0.3, 0.4) is 0 Å². The summed E-state index contributed by atoms with van der Waals surface area (Å²) in [6.45, 7) is 4.51. The summed E-state index contributed by atoms with van der Waals surface area (Å²) in [7, 11) is 1.66. The molecule has 2 amide bonds. The minimum atomic E-state index is -0.778. The summed E-state index contributed by atoms with van der Waals surface area (Å²) < 4.78 is 10.9. The molecule has 1 fully saturated rings. The lowest BCUT2D eigenvalue weighted by Crippen LogP contribution is -2.45. The number of hydrogen-bond donors (Lipinski definition) is 2. The average molecular weight is 364 g/mol. The Bertz CT molecular complexity index is 612.